The van der Waals surface area contributed by atoms with E-state index >= 15 is 0 Å². The van der Waals surface area contributed by atoms with Crippen LogP contribution in [0.4, 0.5) is 5.69 Å². The lowest BCUT2D eigenvalue weighted by Crippen LogP contribution is -2.18. The van der Waals surface area contributed by atoms with Crippen LogP contribution in [0.2, 0.25) is 0 Å². The van der Waals surface area contributed by atoms with Crippen LogP contribution in [0.1, 0.15) is 24.7 Å². The fraction of sp³-hybridized carbons (Fsp3) is 0.500. The number of amides is 1. The van der Waals surface area contributed by atoms with Crippen LogP contribution in [0.15, 0.2) is 0 Å². The third-order valence-electron chi connectivity index (χ3n) is 2.00. The molecule has 0 saturated heterocycles. The maximum absolute atomic E-state index is 11.4. The summed E-state index contributed by atoms with van der Waals surface area (Å²) in [6, 6.07) is 0. The highest BCUT2D eigenvalue weighted by atomic mass is 16.5. The summed E-state index contributed by atoms with van der Waals surface area (Å²) in [7, 11) is 0. The molecule has 2 N–H and O–H groups in total. The number of ether oxygens (including phenoxy) is 1. The maximum Gasteiger partial charge on any atom is 0.315 e. The Morgan fingerprint density at radius 3 is 2.62 bits per heavy atom. The van der Waals surface area contributed by atoms with Gasteiger partial charge in [0.05, 0.1) is 23.7 Å². The first kappa shape index (κ1) is 12.2. The van der Waals surface area contributed by atoms with E-state index < -0.39 is 11.9 Å². The van der Waals surface area contributed by atoms with Gasteiger partial charge in [-0.2, -0.15) is 5.10 Å². The summed E-state index contributed by atoms with van der Waals surface area (Å²) in [5.41, 5.74) is 2.07. The van der Waals surface area contributed by atoms with Crippen LogP contribution in [-0.4, -0.2) is 28.7 Å². The van der Waals surface area contributed by atoms with E-state index in [1.54, 1.807) is 20.8 Å². The molecule has 0 atom stereocenters. The quantitative estimate of drug-likeness (QED) is 0.589. The largest absolute Gasteiger partial charge is 0.466 e. The Kier molecular flexibility index (Phi) is 4.04. The Balaban J connectivity index is 2.55. The first-order valence-electron chi connectivity index (χ1n) is 5.01. The molecular formula is C10H15N3O3. The fourth-order valence-corrected chi connectivity index (χ4v) is 1.26. The predicted molar refractivity (Wildman–Crippen MR) is 57.9 cm³/mol. The van der Waals surface area contributed by atoms with E-state index in [0.29, 0.717) is 11.4 Å². The number of aryl methyl sites for hydroxylation is 2. The Morgan fingerprint density at radius 1 is 1.44 bits per heavy atom. The molecule has 0 aliphatic carbocycles. The zero-order valence-corrected chi connectivity index (χ0v) is 9.59. The highest BCUT2D eigenvalue weighted by Gasteiger charge is 2.13. The second-order valence-electron chi connectivity index (χ2n) is 3.34. The van der Waals surface area contributed by atoms with Crippen LogP contribution in [0, 0.1) is 13.8 Å². The molecule has 0 aliphatic heterocycles. The van der Waals surface area contributed by atoms with Gasteiger partial charge in [0, 0.05) is 0 Å². The number of hydrogen-bond acceptors (Lipinski definition) is 4. The second-order valence-corrected chi connectivity index (χ2v) is 3.34. The van der Waals surface area contributed by atoms with Crippen molar-refractivity contribution < 1.29 is 14.3 Å². The molecule has 0 bridgehead atoms. The molecular weight excluding hydrogens is 210 g/mol. The topological polar surface area (TPSA) is 84.1 Å². The normalized spacial score (nSPS) is 9.94. The molecule has 1 amide bonds. The summed E-state index contributed by atoms with van der Waals surface area (Å²) in [6.07, 6.45) is -0.280. The van der Waals surface area contributed by atoms with Crippen molar-refractivity contribution in [2.24, 2.45) is 0 Å². The molecule has 6 nitrogen and oxygen atoms in total. The maximum atomic E-state index is 11.4. The minimum absolute atomic E-state index is 0.274. The standard InChI is InChI=1S/C10H15N3O3/c1-4-16-9(15)5-8(14)11-10-6(2)12-13-7(10)3/h4-5H2,1-3H3,(H,11,14)(H,12,13). The Labute approximate surface area is 93.4 Å². The van der Waals surface area contributed by atoms with Gasteiger partial charge in [0.2, 0.25) is 5.91 Å². The zero-order chi connectivity index (χ0) is 12.1. The van der Waals surface area contributed by atoms with E-state index in [1.165, 1.54) is 0 Å². The monoisotopic (exact) mass is 225 g/mol. The zero-order valence-electron chi connectivity index (χ0n) is 9.59. The van der Waals surface area contributed by atoms with Crippen molar-refractivity contribution in [3.63, 3.8) is 0 Å². The molecule has 6 heteroatoms. The Morgan fingerprint density at radius 2 is 2.12 bits per heavy atom. The van der Waals surface area contributed by atoms with Crippen molar-refractivity contribution >= 4 is 17.6 Å². The summed E-state index contributed by atoms with van der Waals surface area (Å²) in [5, 5.41) is 9.28. The second kappa shape index (κ2) is 5.29. The van der Waals surface area contributed by atoms with Crippen LogP contribution in [0.25, 0.3) is 0 Å². The van der Waals surface area contributed by atoms with Crippen LogP contribution in [0.5, 0.6) is 0 Å². The highest BCUT2D eigenvalue weighted by Crippen LogP contribution is 2.15. The van der Waals surface area contributed by atoms with Crippen LogP contribution in [-0.2, 0) is 14.3 Å². The highest BCUT2D eigenvalue weighted by molar-refractivity contribution is 6.02. The Hall–Kier alpha value is -1.85. The number of nitrogens with zero attached hydrogens (tertiary/aromatic N) is 1. The third kappa shape index (κ3) is 3.08. The van der Waals surface area contributed by atoms with Crippen molar-refractivity contribution in [3.8, 4) is 0 Å². The van der Waals surface area contributed by atoms with Gasteiger partial charge in [0.1, 0.15) is 6.42 Å². The number of carbonyl (C=O) groups excluding carboxylic acids is 2. The predicted octanol–water partition coefficient (Wildman–Crippen LogP) is 0.918. The number of rotatable bonds is 4. The summed E-state index contributed by atoms with van der Waals surface area (Å²) < 4.78 is 4.67. The van der Waals surface area contributed by atoms with E-state index in [1.807, 2.05) is 0 Å². The van der Waals surface area contributed by atoms with Crippen molar-refractivity contribution in [2.45, 2.75) is 27.2 Å². The lowest BCUT2D eigenvalue weighted by molar-refractivity contribution is -0.145. The number of H-pyrrole nitrogens is 1. The average Bonchev–Trinajstić information content (AvgIpc) is 2.49. The molecule has 0 fully saturated rings. The van der Waals surface area contributed by atoms with E-state index in [2.05, 4.69) is 20.3 Å². The summed E-state index contributed by atoms with van der Waals surface area (Å²) in [6.45, 7) is 5.53. The van der Waals surface area contributed by atoms with Gasteiger partial charge in [-0.25, -0.2) is 0 Å². The average molecular weight is 225 g/mol. The number of aromatic nitrogens is 2. The minimum atomic E-state index is -0.529. The first-order valence-corrected chi connectivity index (χ1v) is 5.01. The molecule has 0 saturated carbocycles. The van der Waals surface area contributed by atoms with Crippen molar-refractivity contribution in [3.05, 3.63) is 11.4 Å². The van der Waals surface area contributed by atoms with Gasteiger partial charge in [-0.05, 0) is 20.8 Å². The van der Waals surface area contributed by atoms with Crippen molar-refractivity contribution in [1.82, 2.24) is 10.2 Å². The van der Waals surface area contributed by atoms with E-state index in [4.69, 9.17) is 0 Å². The number of anilines is 1. The number of hydrogen-bond donors (Lipinski definition) is 2. The van der Waals surface area contributed by atoms with Crippen LogP contribution >= 0.6 is 0 Å². The molecule has 0 spiro atoms. The molecule has 1 aromatic rings. The van der Waals surface area contributed by atoms with Crippen molar-refractivity contribution in [2.75, 3.05) is 11.9 Å². The number of aromatic amines is 1. The van der Waals surface area contributed by atoms with Gasteiger partial charge in [-0.3, -0.25) is 14.7 Å². The van der Waals surface area contributed by atoms with Gasteiger partial charge >= 0.3 is 5.97 Å². The minimum Gasteiger partial charge on any atom is -0.466 e. The van der Waals surface area contributed by atoms with E-state index in [9.17, 15) is 9.59 Å². The summed E-state index contributed by atoms with van der Waals surface area (Å²) >= 11 is 0. The molecule has 1 rings (SSSR count). The first-order chi connectivity index (χ1) is 7.54. The SMILES string of the molecule is CCOC(=O)CC(=O)Nc1c(C)n[nH]c1C. The molecule has 16 heavy (non-hydrogen) atoms. The van der Waals surface area contributed by atoms with Crippen LogP contribution < -0.4 is 5.32 Å². The molecule has 88 valence electrons. The molecule has 0 aliphatic rings. The van der Waals surface area contributed by atoms with Gasteiger partial charge in [0.15, 0.2) is 0 Å². The number of nitrogens with one attached hydrogen (secondary N) is 2. The smallest absolute Gasteiger partial charge is 0.315 e. The molecule has 0 aromatic carbocycles. The van der Waals surface area contributed by atoms with E-state index in [-0.39, 0.29) is 13.0 Å². The third-order valence-corrected chi connectivity index (χ3v) is 2.00. The number of esters is 1. The molecule has 1 heterocycles. The summed E-state index contributed by atoms with van der Waals surface area (Å²) in [5.74, 6) is -0.926. The number of carbonyl (C=O) groups is 2. The molecule has 1 aromatic heterocycles. The van der Waals surface area contributed by atoms with E-state index in [0.717, 1.165) is 5.69 Å². The summed E-state index contributed by atoms with van der Waals surface area (Å²) in [4.78, 5) is 22.5. The van der Waals surface area contributed by atoms with Gasteiger partial charge < -0.3 is 10.1 Å². The van der Waals surface area contributed by atoms with Gasteiger partial charge in [0.25, 0.3) is 0 Å². The molecule has 0 unspecified atom stereocenters. The Bertz CT molecular complexity index is 379. The van der Waals surface area contributed by atoms with Gasteiger partial charge in [-0.15, -0.1) is 0 Å². The molecule has 0 radical (unpaired) electrons. The lowest BCUT2D eigenvalue weighted by Gasteiger charge is -2.04. The van der Waals surface area contributed by atoms with Crippen molar-refractivity contribution in [1.29, 1.82) is 0 Å². The van der Waals surface area contributed by atoms with Crippen LogP contribution in [0.3, 0.4) is 0 Å². The lowest BCUT2D eigenvalue weighted by atomic mass is 10.3. The van der Waals surface area contributed by atoms with Gasteiger partial charge in [-0.1, -0.05) is 0 Å². The fourth-order valence-electron chi connectivity index (χ4n) is 1.26.